The van der Waals surface area contributed by atoms with Crippen LogP contribution in [0.15, 0.2) is 18.2 Å². The molecule has 0 radical (unpaired) electrons. The van der Waals surface area contributed by atoms with Gasteiger partial charge in [0.1, 0.15) is 5.69 Å². The zero-order valence-corrected chi connectivity index (χ0v) is 9.97. The first-order valence-corrected chi connectivity index (χ1v) is 5.34. The maximum atomic E-state index is 10.6. The van der Waals surface area contributed by atoms with E-state index in [0.717, 1.165) is 12.1 Å². The van der Waals surface area contributed by atoms with Crippen LogP contribution in [0.2, 0.25) is 0 Å². The fourth-order valence-corrected chi connectivity index (χ4v) is 1.46. The minimum atomic E-state index is -0.493. The highest BCUT2D eigenvalue weighted by atomic mass is 16.6. The second-order valence-electron chi connectivity index (χ2n) is 3.86. The lowest BCUT2D eigenvalue weighted by Gasteiger charge is -2.14. The summed E-state index contributed by atoms with van der Waals surface area (Å²) in [5.41, 5.74) is 6.46. The smallest absolute Gasteiger partial charge is 0.292 e. The summed E-state index contributed by atoms with van der Waals surface area (Å²) < 4.78 is 4.97. The summed E-state index contributed by atoms with van der Waals surface area (Å²) in [6, 6.07) is 4.84. The summed E-state index contributed by atoms with van der Waals surface area (Å²) in [5, 5.41) is 13.8. The number of nitrogens with zero attached hydrogens (tertiary/aromatic N) is 1. The van der Waals surface area contributed by atoms with Crippen LogP contribution >= 0.6 is 0 Å². The van der Waals surface area contributed by atoms with Crippen LogP contribution in [-0.4, -0.2) is 24.7 Å². The van der Waals surface area contributed by atoms with Gasteiger partial charge in [-0.15, -0.1) is 0 Å². The largest absolute Gasteiger partial charge is 0.393 e. The molecule has 17 heavy (non-hydrogen) atoms. The third-order valence-corrected chi connectivity index (χ3v) is 2.39. The number of anilines is 2. The van der Waals surface area contributed by atoms with Crippen molar-refractivity contribution in [3.05, 3.63) is 28.3 Å². The van der Waals surface area contributed by atoms with Crippen molar-refractivity contribution in [1.82, 2.24) is 0 Å². The number of nitro groups is 1. The molecular weight excluding hydrogens is 222 g/mol. The van der Waals surface area contributed by atoms with E-state index in [1.807, 2.05) is 6.92 Å². The molecule has 0 bridgehead atoms. The van der Waals surface area contributed by atoms with Gasteiger partial charge in [-0.3, -0.25) is 10.1 Å². The van der Waals surface area contributed by atoms with Crippen molar-refractivity contribution in [2.24, 2.45) is 0 Å². The molecule has 0 aromatic heterocycles. The van der Waals surface area contributed by atoms with Crippen LogP contribution in [-0.2, 0) is 4.74 Å². The Kier molecular flexibility index (Phi) is 4.71. The third kappa shape index (κ3) is 3.92. The maximum absolute atomic E-state index is 10.6. The number of nitrogens with one attached hydrogen (secondary N) is 1. The Balaban J connectivity index is 2.67. The summed E-state index contributed by atoms with van der Waals surface area (Å²) in [7, 11) is 1.65. The van der Waals surface area contributed by atoms with Crippen LogP contribution < -0.4 is 11.1 Å². The standard InChI is InChI=1S/C11H17N3O3/c1-8(5-6-17-2)13-9-3-4-11(14(15)16)10(12)7-9/h3-4,7-8,13H,5-6,12H2,1-2H3. The number of hydrogen-bond acceptors (Lipinski definition) is 5. The highest BCUT2D eigenvalue weighted by Crippen LogP contribution is 2.25. The van der Waals surface area contributed by atoms with Gasteiger partial charge in [0.25, 0.3) is 5.69 Å². The molecule has 0 fully saturated rings. The van der Waals surface area contributed by atoms with Gasteiger partial charge in [-0.2, -0.15) is 0 Å². The van der Waals surface area contributed by atoms with E-state index in [2.05, 4.69) is 5.32 Å². The fraction of sp³-hybridized carbons (Fsp3) is 0.455. The normalized spacial score (nSPS) is 12.1. The van der Waals surface area contributed by atoms with Gasteiger partial charge < -0.3 is 15.8 Å². The molecule has 6 nitrogen and oxygen atoms in total. The van der Waals surface area contributed by atoms with Crippen molar-refractivity contribution >= 4 is 17.1 Å². The molecule has 1 atom stereocenters. The predicted molar refractivity (Wildman–Crippen MR) is 67.1 cm³/mol. The van der Waals surface area contributed by atoms with Gasteiger partial charge in [0.05, 0.1) is 4.92 Å². The van der Waals surface area contributed by atoms with E-state index in [4.69, 9.17) is 10.5 Å². The Morgan fingerprint density at radius 1 is 1.59 bits per heavy atom. The molecule has 0 aliphatic rings. The monoisotopic (exact) mass is 239 g/mol. The average molecular weight is 239 g/mol. The van der Waals surface area contributed by atoms with Crippen molar-refractivity contribution in [3.63, 3.8) is 0 Å². The quantitative estimate of drug-likeness (QED) is 0.450. The van der Waals surface area contributed by atoms with Gasteiger partial charge >= 0.3 is 0 Å². The number of ether oxygens (including phenoxy) is 1. The van der Waals surface area contributed by atoms with Crippen molar-refractivity contribution in [2.75, 3.05) is 24.8 Å². The Labute approximate surface area is 99.9 Å². The minimum absolute atomic E-state index is 0.0694. The molecule has 0 saturated heterocycles. The van der Waals surface area contributed by atoms with E-state index >= 15 is 0 Å². The highest BCUT2D eigenvalue weighted by Gasteiger charge is 2.11. The molecule has 1 unspecified atom stereocenters. The molecule has 0 saturated carbocycles. The number of benzene rings is 1. The molecule has 0 aliphatic heterocycles. The highest BCUT2D eigenvalue weighted by molar-refractivity contribution is 5.65. The molecule has 0 aliphatic carbocycles. The lowest BCUT2D eigenvalue weighted by Crippen LogP contribution is -2.17. The van der Waals surface area contributed by atoms with E-state index in [-0.39, 0.29) is 17.4 Å². The minimum Gasteiger partial charge on any atom is -0.393 e. The van der Waals surface area contributed by atoms with Crippen molar-refractivity contribution < 1.29 is 9.66 Å². The first-order valence-electron chi connectivity index (χ1n) is 5.34. The molecule has 0 spiro atoms. The van der Waals surface area contributed by atoms with Gasteiger partial charge in [0.15, 0.2) is 0 Å². The number of nitro benzene ring substituents is 1. The van der Waals surface area contributed by atoms with Crippen LogP contribution in [0, 0.1) is 10.1 Å². The lowest BCUT2D eigenvalue weighted by molar-refractivity contribution is -0.383. The maximum Gasteiger partial charge on any atom is 0.292 e. The van der Waals surface area contributed by atoms with Crippen molar-refractivity contribution in [1.29, 1.82) is 0 Å². The second kappa shape index (κ2) is 6.05. The summed E-state index contributed by atoms with van der Waals surface area (Å²) in [5.74, 6) is 0. The number of methoxy groups -OCH3 is 1. The van der Waals surface area contributed by atoms with E-state index < -0.39 is 4.92 Å². The lowest BCUT2D eigenvalue weighted by atomic mass is 10.2. The number of rotatable bonds is 6. The molecule has 1 aromatic rings. The third-order valence-electron chi connectivity index (χ3n) is 2.39. The van der Waals surface area contributed by atoms with Crippen molar-refractivity contribution in [3.8, 4) is 0 Å². The van der Waals surface area contributed by atoms with Crippen LogP contribution in [0.25, 0.3) is 0 Å². The SMILES string of the molecule is COCCC(C)Nc1ccc([N+](=O)[O-])c(N)c1. The first-order chi connectivity index (χ1) is 8.04. The van der Waals surface area contributed by atoms with Crippen LogP contribution in [0.1, 0.15) is 13.3 Å². The van der Waals surface area contributed by atoms with Gasteiger partial charge in [-0.1, -0.05) is 0 Å². The summed E-state index contributed by atoms with van der Waals surface area (Å²) >= 11 is 0. The van der Waals surface area contributed by atoms with Crippen molar-refractivity contribution in [2.45, 2.75) is 19.4 Å². The number of hydrogen-bond donors (Lipinski definition) is 2. The van der Waals surface area contributed by atoms with Gasteiger partial charge in [-0.25, -0.2) is 0 Å². The van der Waals surface area contributed by atoms with Crippen LogP contribution in [0.4, 0.5) is 17.1 Å². The number of nitrogens with two attached hydrogens (primary N) is 1. The van der Waals surface area contributed by atoms with Gasteiger partial charge in [0.2, 0.25) is 0 Å². The predicted octanol–water partition coefficient (Wildman–Crippen LogP) is 2.01. The molecule has 94 valence electrons. The first kappa shape index (κ1) is 13.2. The zero-order chi connectivity index (χ0) is 12.8. The Bertz CT molecular complexity index is 396. The van der Waals surface area contributed by atoms with E-state index in [9.17, 15) is 10.1 Å². The summed E-state index contributed by atoms with van der Waals surface area (Å²) in [6.07, 6.45) is 0.855. The molecule has 3 N–H and O–H groups in total. The Morgan fingerprint density at radius 2 is 2.29 bits per heavy atom. The average Bonchev–Trinajstić information content (AvgIpc) is 2.26. The zero-order valence-electron chi connectivity index (χ0n) is 9.97. The molecule has 6 heteroatoms. The topological polar surface area (TPSA) is 90.4 Å². The van der Waals surface area contributed by atoms with Crippen LogP contribution in [0.3, 0.4) is 0 Å². The molecule has 1 rings (SSSR count). The Hall–Kier alpha value is -1.82. The molecule has 1 aromatic carbocycles. The van der Waals surface area contributed by atoms with Gasteiger partial charge in [0, 0.05) is 31.5 Å². The number of nitrogen functional groups attached to an aromatic ring is 1. The van der Waals surface area contributed by atoms with E-state index in [1.54, 1.807) is 19.2 Å². The van der Waals surface area contributed by atoms with E-state index in [1.165, 1.54) is 6.07 Å². The molecule has 0 heterocycles. The van der Waals surface area contributed by atoms with Gasteiger partial charge in [-0.05, 0) is 25.5 Å². The molecule has 0 amide bonds. The van der Waals surface area contributed by atoms with E-state index in [0.29, 0.717) is 6.61 Å². The summed E-state index contributed by atoms with van der Waals surface area (Å²) in [4.78, 5) is 10.1. The second-order valence-corrected chi connectivity index (χ2v) is 3.86. The summed E-state index contributed by atoms with van der Waals surface area (Å²) in [6.45, 7) is 2.67. The molecular formula is C11H17N3O3. The van der Waals surface area contributed by atoms with Crippen LogP contribution in [0.5, 0.6) is 0 Å². The Morgan fingerprint density at radius 3 is 2.82 bits per heavy atom. The fourth-order valence-electron chi connectivity index (χ4n) is 1.46.